The Bertz CT molecular complexity index is 531. The van der Waals surface area contributed by atoms with Gasteiger partial charge in [-0.25, -0.2) is 14.6 Å². The Morgan fingerprint density at radius 2 is 2.28 bits per heavy atom. The number of carboxylic acid groups (broad SMARTS) is 1. The Labute approximate surface area is 106 Å². The first-order valence-corrected chi connectivity index (χ1v) is 5.68. The SMILES string of the molecule is CCOC(=O)c1csc(C(C#N)C(=O)C(=O)O)n1. The molecule has 0 aliphatic heterocycles. The van der Waals surface area contributed by atoms with Crippen LogP contribution in [0.25, 0.3) is 0 Å². The highest BCUT2D eigenvalue weighted by Gasteiger charge is 2.29. The van der Waals surface area contributed by atoms with E-state index in [0.29, 0.717) is 0 Å². The minimum Gasteiger partial charge on any atom is -0.475 e. The van der Waals surface area contributed by atoms with Gasteiger partial charge in [0, 0.05) is 5.38 Å². The van der Waals surface area contributed by atoms with Gasteiger partial charge in [0.25, 0.3) is 5.78 Å². The lowest BCUT2D eigenvalue weighted by Crippen LogP contribution is -2.20. The van der Waals surface area contributed by atoms with E-state index in [9.17, 15) is 14.4 Å². The van der Waals surface area contributed by atoms with E-state index in [2.05, 4.69) is 9.72 Å². The summed E-state index contributed by atoms with van der Waals surface area (Å²) >= 11 is 0.864. The summed E-state index contributed by atoms with van der Waals surface area (Å²) in [4.78, 5) is 36.8. The molecular weight excluding hydrogens is 260 g/mol. The van der Waals surface area contributed by atoms with E-state index in [4.69, 9.17) is 10.4 Å². The summed E-state index contributed by atoms with van der Waals surface area (Å²) in [6.07, 6.45) is 0. The van der Waals surface area contributed by atoms with Crippen LogP contribution in [0.15, 0.2) is 5.38 Å². The van der Waals surface area contributed by atoms with Crippen LogP contribution in [-0.4, -0.2) is 34.4 Å². The molecule has 1 heterocycles. The highest BCUT2D eigenvalue weighted by molar-refractivity contribution is 7.10. The third kappa shape index (κ3) is 2.89. The maximum Gasteiger partial charge on any atom is 0.374 e. The number of nitriles is 1. The van der Waals surface area contributed by atoms with Gasteiger partial charge in [0.15, 0.2) is 11.6 Å². The fourth-order valence-electron chi connectivity index (χ4n) is 1.07. The molecule has 94 valence electrons. The van der Waals surface area contributed by atoms with Gasteiger partial charge in [0.2, 0.25) is 0 Å². The van der Waals surface area contributed by atoms with Gasteiger partial charge in [-0.05, 0) is 6.92 Å². The number of aromatic nitrogens is 1. The maximum atomic E-state index is 11.3. The highest BCUT2D eigenvalue weighted by Crippen LogP contribution is 2.21. The standard InChI is InChI=1S/C10H8N2O5S/c1-2-17-10(16)6-4-18-8(12-6)5(3-11)7(13)9(14)15/h4-5H,2H2,1H3,(H,14,15). The average Bonchev–Trinajstić information content (AvgIpc) is 2.79. The van der Waals surface area contributed by atoms with Crippen LogP contribution in [0.2, 0.25) is 0 Å². The molecular formula is C10H8N2O5S. The van der Waals surface area contributed by atoms with E-state index in [1.807, 2.05) is 0 Å². The first-order chi connectivity index (χ1) is 8.51. The third-order valence-electron chi connectivity index (χ3n) is 1.86. The Balaban J connectivity index is 2.97. The van der Waals surface area contributed by atoms with E-state index in [-0.39, 0.29) is 17.3 Å². The van der Waals surface area contributed by atoms with E-state index in [1.54, 1.807) is 13.0 Å². The third-order valence-corrected chi connectivity index (χ3v) is 2.77. The number of carboxylic acids is 1. The molecule has 0 spiro atoms. The Morgan fingerprint density at radius 3 is 2.78 bits per heavy atom. The Kier molecular flexibility index (Phi) is 4.51. The number of carbonyl (C=O) groups excluding carboxylic acids is 2. The van der Waals surface area contributed by atoms with Crippen molar-refractivity contribution in [3.63, 3.8) is 0 Å². The maximum absolute atomic E-state index is 11.3. The van der Waals surface area contributed by atoms with Crippen molar-refractivity contribution in [2.75, 3.05) is 6.61 Å². The molecule has 1 aromatic rings. The summed E-state index contributed by atoms with van der Waals surface area (Å²) < 4.78 is 4.68. The molecule has 0 saturated heterocycles. The second-order valence-electron chi connectivity index (χ2n) is 3.02. The highest BCUT2D eigenvalue weighted by atomic mass is 32.1. The number of thiazole rings is 1. The largest absolute Gasteiger partial charge is 0.475 e. The van der Waals surface area contributed by atoms with Gasteiger partial charge >= 0.3 is 11.9 Å². The van der Waals surface area contributed by atoms with Crippen molar-refractivity contribution in [3.8, 4) is 6.07 Å². The lowest BCUT2D eigenvalue weighted by atomic mass is 10.1. The van der Waals surface area contributed by atoms with Gasteiger partial charge in [-0.15, -0.1) is 11.3 Å². The number of nitrogens with zero attached hydrogens (tertiary/aromatic N) is 2. The van der Waals surface area contributed by atoms with Crippen LogP contribution in [0.5, 0.6) is 0 Å². The summed E-state index contributed by atoms with van der Waals surface area (Å²) in [6.45, 7) is 1.79. The lowest BCUT2D eigenvalue weighted by Gasteiger charge is -2.00. The van der Waals surface area contributed by atoms with Crippen LogP contribution < -0.4 is 0 Å². The summed E-state index contributed by atoms with van der Waals surface area (Å²) in [6, 6.07) is 1.55. The van der Waals surface area contributed by atoms with Crippen LogP contribution in [0, 0.1) is 11.3 Å². The number of Topliss-reactive ketones (excluding diaryl/α,β-unsaturated/α-hetero) is 1. The van der Waals surface area contributed by atoms with Crippen molar-refractivity contribution in [1.82, 2.24) is 4.98 Å². The van der Waals surface area contributed by atoms with Crippen molar-refractivity contribution in [2.45, 2.75) is 12.8 Å². The molecule has 7 nitrogen and oxygen atoms in total. The molecule has 0 bridgehead atoms. The summed E-state index contributed by atoms with van der Waals surface area (Å²) in [5, 5.41) is 18.6. The number of rotatable bonds is 5. The monoisotopic (exact) mass is 268 g/mol. The molecule has 0 aliphatic rings. The summed E-state index contributed by atoms with van der Waals surface area (Å²) in [5.41, 5.74) is -0.0460. The van der Waals surface area contributed by atoms with Crippen LogP contribution in [0.3, 0.4) is 0 Å². The molecule has 1 rings (SSSR count). The van der Waals surface area contributed by atoms with E-state index >= 15 is 0 Å². The number of ether oxygens (including phenoxy) is 1. The Morgan fingerprint density at radius 1 is 1.61 bits per heavy atom. The van der Waals surface area contributed by atoms with Crippen molar-refractivity contribution in [2.24, 2.45) is 0 Å². The van der Waals surface area contributed by atoms with Crippen LogP contribution in [-0.2, 0) is 14.3 Å². The molecule has 1 atom stereocenters. The molecule has 0 aromatic carbocycles. The molecule has 0 radical (unpaired) electrons. The minimum atomic E-state index is -1.71. The fourth-order valence-corrected chi connectivity index (χ4v) is 1.90. The van der Waals surface area contributed by atoms with Gasteiger partial charge in [-0.2, -0.15) is 5.26 Å². The van der Waals surface area contributed by atoms with Crippen molar-refractivity contribution in [3.05, 3.63) is 16.1 Å². The van der Waals surface area contributed by atoms with Crippen LogP contribution >= 0.6 is 11.3 Å². The second-order valence-corrected chi connectivity index (χ2v) is 3.91. The molecule has 0 saturated carbocycles. The number of aliphatic carboxylic acids is 1. The topological polar surface area (TPSA) is 117 Å². The van der Waals surface area contributed by atoms with Crippen LogP contribution in [0.4, 0.5) is 0 Å². The first kappa shape index (κ1) is 13.8. The molecule has 8 heteroatoms. The minimum absolute atomic E-state index is 0.0343. The van der Waals surface area contributed by atoms with E-state index in [1.165, 1.54) is 5.38 Å². The molecule has 0 fully saturated rings. The molecule has 1 unspecified atom stereocenters. The van der Waals surface area contributed by atoms with Gasteiger partial charge < -0.3 is 9.84 Å². The zero-order chi connectivity index (χ0) is 13.7. The number of hydrogen-bond acceptors (Lipinski definition) is 7. The molecule has 18 heavy (non-hydrogen) atoms. The summed E-state index contributed by atoms with van der Waals surface area (Å²) in [7, 11) is 0. The number of esters is 1. The average molecular weight is 268 g/mol. The van der Waals surface area contributed by atoms with Gasteiger partial charge in [0.1, 0.15) is 5.01 Å². The van der Waals surface area contributed by atoms with Gasteiger partial charge in [0.05, 0.1) is 12.7 Å². The zero-order valence-corrected chi connectivity index (χ0v) is 10.1. The van der Waals surface area contributed by atoms with Gasteiger partial charge in [-0.1, -0.05) is 0 Å². The van der Waals surface area contributed by atoms with E-state index in [0.717, 1.165) is 11.3 Å². The lowest BCUT2D eigenvalue weighted by molar-refractivity contribution is -0.149. The predicted octanol–water partition coefficient (Wildman–Crippen LogP) is 0.581. The first-order valence-electron chi connectivity index (χ1n) is 4.80. The summed E-state index contributed by atoms with van der Waals surface area (Å²) in [5.74, 6) is -5.17. The Hall–Kier alpha value is -2.27. The molecule has 0 amide bonds. The second kappa shape index (κ2) is 5.88. The quantitative estimate of drug-likeness (QED) is 0.613. The van der Waals surface area contributed by atoms with Crippen molar-refractivity contribution < 1.29 is 24.2 Å². The van der Waals surface area contributed by atoms with E-state index < -0.39 is 23.6 Å². The predicted molar refractivity (Wildman–Crippen MR) is 59.1 cm³/mol. The molecule has 1 aromatic heterocycles. The number of hydrogen-bond donors (Lipinski definition) is 1. The number of carbonyl (C=O) groups is 3. The van der Waals surface area contributed by atoms with Gasteiger partial charge in [-0.3, -0.25) is 4.79 Å². The molecule has 1 N–H and O–H groups in total. The number of ketones is 1. The van der Waals surface area contributed by atoms with Crippen molar-refractivity contribution >= 4 is 29.1 Å². The van der Waals surface area contributed by atoms with Crippen molar-refractivity contribution in [1.29, 1.82) is 5.26 Å². The zero-order valence-electron chi connectivity index (χ0n) is 9.24. The normalized spacial score (nSPS) is 11.3. The smallest absolute Gasteiger partial charge is 0.374 e. The van der Waals surface area contributed by atoms with Crippen LogP contribution in [0.1, 0.15) is 28.3 Å². The fraction of sp³-hybridized carbons (Fsp3) is 0.300. The molecule has 0 aliphatic carbocycles.